The number of primary amides is 1. The molecule has 0 atom stereocenters. The number of aryl methyl sites for hydroxylation is 2. The Morgan fingerprint density at radius 3 is 2.38 bits per heavy atom. The number of carbonyl (C=O) groups excluding carboxylic acids is 2. The predicted molar refractivity (Wildman–Crippen MR) is 120 cm³/mol. The van der Waals surface area contributed by atoms with Gasteiger partial charge < -0.3 is 10.6 Å². The van der Waals surface area contributed by atoms with Gasteiger partial charge in [0.05, 0.1) is 16.0 Å². The van der Waals surface area contributed by atoms with Gasteiger partial charge in [0.25, 0.3) is 17.2 Å². The summed E-state index contributed by atoms with van der Waals surface area (Å²) < 4.78 is 28.2. The fourth-order valence-corrected chi connectivity index (χ4v) is 5.77. The molecule has 1 saturated heterocycles. The van der Waals surface area contributed by atoms with Crippen molar-refractivity contribution in [3.63, 3.8) is 0 Å². The average Bonchev–Trinajstić information content (AvgIpc) is 3.28. The smallest absolute Gasteiger partial charge is 0.286 e. The fourth-order valence-electron chi connectivity index (χ4n) is 4.30. The highest BCUT2D eigenvalue weighted by Gasteiger charge is 2.31. The van der Waals surface area contributed by atoms with Gasteiger partial charge in [-0.2, -0.15) is 4.31 Å². The van der Waals surface area contributed by atoms with Crippen molar-refractivity contribution in [2.24, 2.45) is 5.73 Å². The minimum absolute atomic E-state index is 0.0710. The maximum atomic E-state index is 13.1. The number of piperazine rings is 1. The van der Waals surface area contributed by atoms with E-state index in [2.05, 4.69) is 0 Å². The number of benzene rings is 1. The normalized spacial score (nSPS) is 16.3. The maximum absolute atomic E-state index is 13.1. The molecule has 4 rings (SSSR count). The molecule has 1 aromatic carbocycles. The van der Waals surface area contributed by atoms with Crippen LogP contribution in [0.3, 0.4) is 0 Å². The van der Waals surface area contributed by atoms with Crippen LogP contribution >= 0.6 is 0 Å². The number of carbonyl (C=O) groups is 2. The van der Waals surface area contributed by atoms with Crippen LogP contribution in [0.5, 0.6) is 0 Å². The van der Waals surface area contributed by atoms with Crippen molar-refractivity contribution < 1.29 is 22.9 Å². The first-order valence-electron chi connectivity index (χ1n) is 10.7. The molecule has 1 aliphatic heterocycles. The number of nitro groups is 1. The van der Waals surface area contributed by atoms with Crippen LogP contribution in [-0.4, -0.2) is 65.1 Å². The number of hydrogen-bond donors (Lipinski definition) is 1. The van der Waals surface area contributed by atoms with Crippen LogP contribution in [0.4, 0.5) is 5.69 Å². The summed E-state index contributed by atoms with van der Waals surface area (Å²) >= 11 is 0. The molecule has 2 heterocycles. The number of amides is 2. The second kappa shape index (κ2) is 8.99. The summed E-state index contributed by atoms with van der Waals surface area (Å²) in [6, 6.07) is 5.96. The van der Waals surface area contributed by atoms with E-state index in [-0.39, 0.29) is 31.1 Å². The molecule has 2 N–H and O–H groups in total. The summed E-state index contributed by atoms with van der Waals surface area (Å²) in [4.78, 5) is 48.6. The molecular formula is C21H23N5O7S. The number of rotatable bonds is 6. The Morgan fingerprint density at radius 1 is 1.06 bits per heavy atom. The van der Waals surface area contributed by atoms with E-state index >= 15 is 0 Å². The van der Waals surface area contributed by atoms with Gasteiger partial charge in [0, 0.05) is 32.2 Å². The molecule has 0 saturated carbocycles. The number of pyridine rings is 1. The van der Waals surface area contributed by atoms with Gasteiger partial charge in [-0.25, -0.2) is 8.42 Å². The van der Waals surface area contributed by atoms with Crippen LogP contribution in [0, 0.1) is 10.1 Å². The van der Waals surface area contributed by atoms with E-state index < -0.39 is 50.1 Å². The van der Waals surface area contributed by atoms with Crippen LogP contribution in [-0.2, 0) is 34.2 Å². The van der Waals surface area contributed by atoms with Crippen LogP contribution in [0.15, 0.2) is 40.2 Å². The third kappa shape index (κ3) is 4.43. The molecule has 0 bridgehead atoms. The van der Waals surface area contributed by atoms with Crippen molar-refractivity contribution in [1.82, 2.24) is 13.8 Å². The van der Waals surface area contributed by atoms with E-state index in [1.165, 1.54) is 14.8 Å². The van der Waals surface area contributed by atoms with Crippen molar-refractivity contribution in [3.05, 3.63) is 67.6 Å². The van der Waals surface area contributed by atoms with Crippen molar-refractivity contribution in [2.45, 2.75) is 30.7 Å². The first-order valence-corrected chi connectivity index (χ1v) is 12.1. The molecule has 12 nitrogen and oxygen atoms in total. The number of nitrogens with zero attached hydrogens (tertiary/aromatic N) is 4. The first-order chi connectivity index (χ1) is 16.1. The van der Waals surface area contributed by atoms with Gasteiger partial charge in [-0.1, -0.05) is 6.07 Å². The second-order valence-electron chi connectivity index (χ2n) is 8.24. The largest absolute Gasteiger partial charge is 0.365 e. The molecule has 180 valence electrons. The van der Waals surface area contributed by atoms with Gasteiger partial charge in [-0.3, -0.25) is 29.1 Å². The Hall–Kier alpha value is -3.58. The van der Waals surface area contributed by atoms with E-state index in [0.717, 1.165) is 41.7 Å². The SMILES string of the molecule is NC(=O)c1cc([N+](=O)[O-])cn(CC(=O)N2CCN(S(=O)(=O)c3ccc4c(c3)CCC4)CC2)c1=O. The Balaban J connectivity index is 1.46. The summed E-state index contributed by atoms with van der Waals surface area (Å²) in [7, 11) is -3.71. The molecule has 1 fully saturated rings. The molecule has 0 radical (unpaired) electrons. The number of nitrogens with two attached hydrogens (primary N) is 1. The summed E-state index contributed by atoms with van der Waals surface area (Å²) in [6.45, 7) is -0.216. The minimum Gasteiger partial charge on any atom is -0.365 e. The van der Waals surface area contributed by atoms with Gasteiger partial charge in [-0.05, 0) is 42.5 Å². The lowest BCUT2D eigenvalue weighted by Gasteiger charge is -2.34. The van der Waals surface area contributed by atoms with E-state index in [1.54, 1.807) is 12.1 Å². The number of hydrogen-bond acceptors (Lipinski definition) is 7. The zero-order chi connectivity index (χ0) is 24.6. The highest BCUT2D eigenvalue weighted by molar-refractivity contribution is 7.89. The van der Waals surface area contributed by atoms with E-state index in [9.17, 15) is 32.9 Å². The fraction of sp³-hybridized carbons (Fsp3) is 0.381. The van der Waals surface area contributed by atoms with Crippen molar-refractivity contribution in [3.8, 4) is 0 Å². The lowest BCUT2D eigenvalue weighted by atomic mass is 10.1. The molecular weight excluding hydrogens is 466 g/mol. The lowest BCUT2D eigenvalue weighted by molar-refractivity contribution is -0.385. The van der Waals surface area contributed by atoms with Gasteiger partial charge >= 0.3 is 0 Å². The van der Waals surface area contributed by atoms with Crippen molar-refractivity contribution in [1.29, 1.82) is 0 Å². The second-order valence-corrected chi connectivity index (χ2v) is 10.2. The predicted octanol–water partition coefficient (Wildman–Crippen LogP) is -0.123. The van der Waals surface area contributed by atoms with Crippen LogP contribution in [0.1, 0.15) is 27.9 Å². The number of fused-ring (bicyclic) bond motifs is 1. The van der Waals surface area contributed by atoms with Crippen molar-refractivity contribution >= 4 is 27.5 Å². The Bertz CT molecular complexity index is 1340. The summed E-state index contributed by atoms with van der Waals surface area (Å²) in [5.41, 5.74) is 5.29. The molecule has 2 aromatic rings. The molecule has 2 aliphatic rings. The number of aromatic nitrogens is 1. The van der Waals surface area contributed by atoms with Gasteiger partial charge in [0.15, 0.2) is 0 Å². The average molecular weight is 490 g/mol. The monoisotopic (exact) mass is 489 g/mol. The van der Waals surface area contributed by atoms with E-state index in [0.29, 0.717) is 0 Å². The van der Waals surface area contributed by atoms with Crippen LogP contribution in [0.25, 0.3) is 0 Å². The molecule has 1 aliphatic carbocycles. The van der Waals surface area contributed by atoms with Crippen LogP contribution < -0.4 is 11.3 Å². The Morgan fingerprint density at radius 2 is 1.74 bits per heavy atom. The lowest BCUT2D eigenvalue weighted by Crippen LogP contribution is -2.51. The molecule has 1 aromatic heterocycles. The topological polar surface area (TPSA) is 166 Å². The van der Waals surface area contributed by atoms with Gasteiger partial charge in [-0.15, -0.1) is 0 Å². The third-order valence-electron chi connectivity index (χ3n) is 6.15. The van der Waals surface area contributed by atoms with Gasteiger partial charge in [0.2, 0.25) is 15.9 Å². The van der Waals surface area contributed by atoms with E-state index in [1.807, 2.05) is 6.07 Å². The third-order valence-corrected chi connectivity index (χ3v) is 8.05. The molecule has 2 amide bonds. The molecule has 13 heteroatoms. The zero-order valence-corrected chi connectivity index (χ0v) is 19.0. The Labute approximate surface area is 194 Å². The highest BCUT2D eigenvalue weighted by atomic mass is 32.2. The standard InChI is InChI=1S/C21H23N5O7S/c22-20(28)18-11-16(26(30)31)12-24(21(18)29)13-19(27)23-6-8-25(9-7-23)34(32,33)17-5-4-14-2-1-3-15(14)10-17/h4-5,10-12H,1-3,6-9,13H2,(H2,22,28). The highest BCUT2D eigenvalue weighted by Crippen LogP contribution is 2.26. The summed E-state index contributed by atoms with van der Waals surface area (Å²) in [5, 5.41) is 11.1. The molecule has 34 heavy (non-hydrogen) atoms. The zero-order valence-electron chi connectivity index (χ0n) is 18.2. The molecule has 0 unspecified atom stereocenters. The van der Waals surface area contributed by atoms with E-state index in [4.69, 9.17) is 5.73 Å². The quantitative estimate of drug-likeness (QED) is 0.436. The summed E-state index contributed by atoms with van der Waals surface area (Å²) in [5.74, 6) is -1.67. The summed E-state index contributed by atoms with van der Waals surface area (Å²) in [6.07, 6.45) is 3.69. The first kappa shape index (κ1) is 23.6. The molecule has 0 spiro atoms. The van der Waals surface area contributed by atoms with Crippen LogP contribution in [0.2, 0.25) is 0 Å². The van der Waals surface area contributed by atoms with Gasteiger partial charge in [0.1, 0.15) is 12.1 Å². The van der Waals surface area contributed by atoms with Crippen molar-refractivity contribution in [2.75, 3.05) is 26.2 Å². The maximum Gasteiger partial charge on any atom is 0.286 e. The Kier molecular flexibility index (Phi) is 6.23. The number of sulfonamides is 1. The minimum atomic E-state index is -3.71.